The van der Waals surface area contributed by atoms with Crippen molar-refractivity contribution < 1.29 is 9.47 Å². The lowest BCUT2D eigenvalue weighted by molar-refractivity contribution is 0.304. The lowest BCUT2D eigenvalue weighted by Gasteiger charge is -2.10. The van der Waals surface area contributed by atoms with E-state index in [0.29, 0.717) is 23.9 Å². The Kier molecular flexibility index (Phi) is 5.51. The molecule has 0 saturated carbocycles. The van der Waals surface area contributed by atoms with Crippen LogP contribution in [0.4, 0.5) is 0 Å². The molecule has 21 heavy (non-hydrogen) atoms. The number of benzene rings is 2. The molecule has 0 heterocycles. The van der Waals surface area contributed by atoms with Crippen LogP contribution in [0.2, 0.25) is 5.02 Å². The fourth-order valence-electron chi connectivity index (χ4n) is 1.75. The van der Waals surface area contributed by atoms with Gasteiger partial charge >= 0.3 is 0 Å². The first-order valence-corrected chi connectivity index (χ1v) is 6.85. The summed E-state index contributed by atoms with van der Waals surface area (Å²) < 4.78 is 11.0. The van der Waals surface area contributed by atoms with E-state index in [-0.39, 0.29) is 0 Å². The number of methoxy groups -OCH3 is 1. The zero-order chi connectivity index (χ0) is 15.1. The number of halogens is 1. The van der Waals surface area contributed by atoms with Crippen molar-refractivity contribution in [1.82, 2.24) is 0 Å². The lowest BCUT2D eigenvalue weighted by Crippen LogP contribution is -1.98. The van der Waals surface area contributed by atoms with Crippen molar-refractivity contribution in [2.75, 3.05) is 13.7 Å². The van der Waals surface area contributed by atoms with Crippen LogP contribution in [0.25, 0.3) is 0 Å². The maximum Gasteiger partial charge on any atom is 0.135 e. The molecule has 0 aliphatic carbocycles. The SMILES string of the molecule is COc1ccc(OCc2ccc(Cl)cc2)c(C#CCN)c1. The Balaban J connectivity index is 2.16. The number of nitrogens with two attached hydrogens (primary N) is 1. The van der Waals surface area contributed by atoms with Gasteiger partial charge in [-0.25, -0.2) is 0 Å². The monoisotopic (exact) mass is 301 g/mol. The molecule has 0 fully saturated rings. The average Bonchev–Trinajstić information content (AvgIpc) is 2.52. The molecule has 2 aromatic carbocycles. The molecule has 0 aliphatic heterocycles. The molecular formula is C17H16ClNO2. The molecule has 0 bridgehead atoms. The highest BCUT2D eigenvalue weighted by molar-refractivity contribution is 6.30. The van der Waals surface area contributed by atoms with Gasteiger partial charge in [0.05, 0.1) is 19.2 Å². The number of hydrogen-bond donors (Lipinski definition) is 1. The van der Waals surface area contributed by atoms with E-state index < -0.39 is 0 Å². The fourth-order valence-corrected chi connectivity index (χ4v) is 1.87. The fraction of sp³-hybridized carbons (Fsp3) is 0.176. The first-order valence-electron chi connectivity index (χ1n) is 6.47. The second kappa shape index (κ2) is 7.58. The van der Waals surface area contributed by atoms with Gasteiger partial charge in [0.1, 0.15) is 18.1 Å². The molecule has 108 valence electrons. The van der Waals surface area contributed by atoms with Crippen LogP contribution in [0.1, 0.15) is 11.1 Å². The van der Waals surface area contributed by atoms with Crippen molar-refractivity contribution in [3.63, 3.8) is 0 Å². The number of hydrogen-bond acceptors (Lipinski definition) is 3. The molecule has 0 unspecified atom stereocenters. The summed E-state index contributed by atoms with van der Waals surface area (Å²) in [5.74, 6) is 7.25. The van der Waals surface area contributed by atoms with Gasteiger partial charge in [0.2, 0.25) is 0 Å². The van der Waals surface area contributed by atoms with E-state index in [1.54, 1.807) is 7.11 Å². The van der Waals surface area contributed by atoms with Gasteiger partial charge in [-0.2, -0.15) is 0 Å². The summed E-state index contributed by atoms with van der Waals surface area (Å²) in [7, 11) is 1.61. The molecule has 0 amide bonds. The Morgan fingerprint density at radius 3 is 2.57 bits per heavy atom. The van der Waals surface area contributed by atoms with Gasteiger partial charge in [0, 0.05) is 5.02 Å². The Labute approximate surface area is 129 Å². The largest absolute Gasteiger partial charge is 0.497 e. The molecule has 0 aromatic heterocycles. The quantitative estimate of drug-likeness (QED) is 0.882. The van der Waals surface area contributed by atoms with E-state index >= 15 is 0 Å². The zero-order valence-electron chi connectivity index (χ0n) is 11.7. The number of ether oxygens (including phenoxy) is 2. The summed E-state index contributed by atoms with van der Waals surface area (Å²) in [4.78, 5) is 0. The Morgan fingerprint density at radius 1 is 1.14 bits per heavy atom. The Hall–Kier alpha value is -2.15. The third-order valence-electron chi connectivity index (χ3n) is 2.82. The maximum atomic E-state index is 5.86. The minimum absolute atomic E-state index is 0.299. The summed E-state index contributed by atoms with van der Waals surface area (Å²) in [6.07, 6.45) is 0. The van der Waals surface area contributed by atoms with Crippen LogP contribution in [0, 0.1) is 11.8 Å². The van der Waals surface area contributed by atoms with Crippen molar-refractivity contribution in [1.29, 1.82) is 0 Å². The van der Waals surface area contributed by atoms with Crippen LogP contribution in [0.15, 0.2) is 42.5 Å². The number of rotatable bonds is 4. The van der Waals surface area contributed by atoms with Gasteiger partial charge < -0.3 is 15.2 Å². The molecule has 4 heteroatoms. The molecule has 2 rings (SSSR count). The van der Waals surface area contributed by atoms with E-state index in [0.717, 1.165) is 16.9 Å². The van der Waals surface area contributed by atoms with Crippen molar-refractivity contribution >= 4 is 11.6 Å². The van der Waals surface area contributed by atoms with Gasteiger partial charge in [0.15, 0.2) is 0 Å². The van der Waals surface area contributed by atoms with E-state index in [4.69, 9.17) is 26.8 Å². The Morgan fingerprint density at radius 2 is 1.90 bits per heavy atom. The lowest BCUT2D eigenvalue weighted by atomic mass is 10.2. The van der Waals surface area contributed by atoms with Crippen LogP contribution < -0.4 is 15.2 Å². The minimum Gasteiger partial charge on any atom is -0.497 e. The standard InChI is InChI=1S/C17H16ClNO2/c1-20-16-8-9-17(14(11-16)3-2-10-19)21-12-13-4-6-15(18)7-5-13/h4-9,11H,10,12,19H2,1H3. The highest BCUT2D eigenvalue weighted by Gasteiger charge is 2.04. The third-order valence-corrected chi connectivity index (χ3v) is 3.07. The third kappa shape index (κ3) is 4.42. The maximum absolute atomic E-state index is 5.86. The first kappa shape index (κ1) is 15.2. The highest BCUT2D eigenvalue weighted by atomic mass is 35.5. The van der Waals surface area contributed by atoms with Crippen LogP contribution in [-0.2, 0) is 6.61 Å². The van der Waals surface area contributed by atoms with Gasteiger partial charge in [-0.1, -0.05) is 35.6 Å². The summed E-state index contributed by atoms with van der Waals surface area (Å²) >= 11 is 5.86. The topological polar surface area (TPSA) is 44.5 Å². The van der Waals surface area contributed by atoms with Crippen molar-refractivity contribution in [2.24, 2.45) is 5.73 Å². The van der Waals surface area contributed by atoms with Crippen LogP contribution >= 0.6 is 11.6 Å². The summed E-state index contributed by atoms with van der Waals surface area (Å²) in [5.41, 5.74) is 7.21. The van der Waals surface area contributed by atoms with Gasteiger partial charge in [-0.3, -0.25) is 0 Å². The minimum atomic E-state index is 0.299. The summed E-state index contributed by atoms with van der Waals surface area (Å²) in [6, 6.07) is 13.0. The van der Waals surface area contributed by atoms with E-state index in [1.165, 1.54) is 0 Å². The molecule has 2 aromatic rings. The molecule has 3 nitrogen and oxygen atoms in total. The average molecular weight is 302 g/mol. The summed E-state index contributed by atoms with van der Waals surface area (Å²) in [6.45, 7) is 0.745. The van der Waals surface area contributed by atoms with Gasteiger partial charge in [-0.05, 0) is 35.9 Å². The molecule has 0 saturated heterocycles. The predicted molar refractivity (Wildman–Crippen MR) is 84.7 cm³/mol. The second-order valence-corrected chi connectivity index (χ2v) is 4.72. The van der Waals surface area contributed by atoms with Crippen molar-refractivity contribution in [3.8, 4) is 23.3 Å². The predicted octanol–water partition coefficient (Wildman–Crippen LogP) is 3.24. The summed E-state index contributed by atoms with van der Waals surface area (Å²) in [5, 5.41) is 0.706. The van der Waals surface area contributed by atoms with Gasteiger partial charge in [0.25, 0.3) is 0 Å². The first-order chi connectivity index (χ1) is 10.2. The van der Waals surface area contributed by atoms with Crippen LogP contribution in [0.3, 0.4) is 0 Å². The molecule has 2 N–H and O–H groups in total. The second-order valence-electron chi connectivity index (χ2n) is 4.28. The van der Waals surface area contributed by atoms with Crippen LogP contribution in [-0.4, -0.2) is 13.7 Å². The molecule has 0 spiro atoms. The smallest absolute Gasteiger partial charge is 0.135 e. The Bertz CT molecular complexity index is 657. The molecular weight excluding hydrogens is 286 g/mol. The van der Waals surface area contributed by atoms with E-state index in [1.807, 2.05) is 42.5 Å². The van der Waals surface area contributed by atoms with Gasteiger partial charge in [-0.15, -0.1) is 0 Å². The van der Waals surface area contributed by atoms with Crippen molar-refractivity contribution in [3.05, 3.63) is 58.6 Å². The van der Waals surface area contributed by atoms with Crippen molar-refractivity contribution in [2.45, 2.75) is 6.61 Å². The van der Waals surface area contributed by atoms with E-state index in [9.17, 15) is 0 Å². The van der Waals surface area contributed by atoms with E-state index in [2.05, 4.69) is 11.8 Å². The molecule has 0 aliphatic rings. The zero-order valence-corrected chi connectivity index (χ0v) is 12.5. The highest BCUT2D eigenvalue weighted by Crippen LogP contribution is 2.24. The van der Waals surface area contributed by atoms with Crippen LogP contribution in [0.5, 0.6) is 11.5 Å². The molecule has 0 atom stereocenters. The molecule has 0 radical (unpaired) electrons. The normalized spacial score (nSPS) is 9.67.